The Morgan fingerprint density at radius 2 is 1.15 bits per heavy atom. The van der Waals surface area contributed by atoms with Gasteiger partial charge < -0.3 is 39.9 Å². The number of rotatable bonds is 43. The summed E-state index contributed by atoms with van der Waals surface area (Å²) in [6, 6.07) is 1.25. The molecular weight excluding hydrogens is 920 g/mol. The number of carbonyl (C=O) groups excluding carboxylic acids is 2. The summed E-state index contributed by atoms with van der Waals surface area (Å²) in [6.45, 7) is 2.16. The van der Waals surface area contributed by atoms with E-state index >= 15 is 0 Å². The SMILES string of the molecule is CCCCCCC=CCCCCCCCCCC(=O)OC[C@H](COP(=O)(O)OP(=O)(O)OC[C@H]1O[C@@H](n2ccc(N)nc2=O)C(O)[C@H]1O)OC(=O)CCCCCCCCCCCCCCCCC. The molecule has 0 amide bonds. The zero-order valence-electron chi connectivity index (χ0n) is 41.2. The number of phosphoric ester groups is 2. The van der Waals surface area contributed by atoms with Crippen LogP contribution in [-0.4, -0.2) is 85.7 Å². The summed E-state index contributed by atoms with van der Waals surface area (Å²) in [5, 5.41) is 20.9. The van der Waals surface area contributed by atoms with E-state index in [9.17, 15) is 43.5 Å². The zero-order valence-corrected chi connectivity index (χ0v) is 43.0. The number of carbonyl (C=O) groups is 2. The number of nitrogens with zero attached hydrogens (tertiary/aromatic N) is 2. The summed E-state index contributed by atoms with van der Waals surface area (Å²) in [7, 11) is -10.8. The first kappa shape index (κ1) is 61.6. The quantitative estimate of drug-likeness (QED) is 0.0176. The van der Waals surface area contributed by atoms with Crippen molar-refractivity contribution in [1.29, 1.82) is 0 Å². The first-order valence-corrected chi connectivity index (χ1v) is 28.7. The molecule has 1 aromatic rings. The van der Waals surface area contributed by atoms with E-state index in [-0.39, 0.29) is 18.7 Å². The number of aliphatic hydroxyl groups excluding tert-OH is 2. The molecule has 7 atom stereocenters. The number of unbranched alkanes of at least 4 members (excludes halogenated alkanes) is 25. The molecule has 0 bridgehead atoms. The fourth-order valence-corrected chi connectivity index (χ4v) is 9.95. The van der Waals surface area contributed by atoms with Gasteiger partial charge >= 0.3 is 33.3 Å². The average Bonchev–Trinajstić information content (AvgIpc) is 3.57. The summed E-state index contributed by atoms with van der Waals surface area (Å²) in [5.41, 5.74) is 4.59. The molecule has 3 unspecified atom stereocenters. The number of hydrogen-bond donors (Lipinski definition) is 5. The van der Waals surface area contributed by atoms with Crippen LogP contribution >= 0.6 is 15.6 Å². The number of aliphatic hydroxyl groups is 2. The molecule has 1 aliphatic heterocycles. The van der Waals surface area contributed by atoms with Gasteiger partial charge in [-0.1, -0.05) is 167 Å². The predicted octanol–water partition coefficient (Wildman–Crippen LogP) is 10.4. The van der Waals surface area contributed by atoms with Gasteiger partial charge in [-0.05, 0) is 44.6 Å². The van der Waals surface area contributed by atoms with Crippen molar-refractivity contribution in [3.8, 4) is 0 Å². The molecule has 1 saturated heterocycles. The van der Waals surface area contributed by atoms with Crippen molar-refractivity contribution in [1.82, 2.24) is 9.55 Å². The number of esters is 2. The number of ether oxygens (including phenoxy) is 3. The molecule has 0 spiro atoms. The third-order valence-corrected chi connectivity index (χ3v) is 14.5. The molecule has 394 valence electrons. The van der Waals surface area contributed by atoms with E-state index < -0.39 is 83.7 Å². The van der Waals surface area contributed by atoms with Crippen LogP contribution in [0.5, 0.6) is 0 Å². The lowest BCUT2D eigenvalue weighted by Gasteiger charge is -2.21. The minimum absolute atomic E-state index is 0.0552. The minimum atomic E-state index is -5.42. The third-order valence-electron chi connectivity index (χ3n) is 11.9. The molecule has 0 aliphatic carbocycles. The van der Waals surface area contributed by atoms with Crippen molar-refractivity contribution < 1.29 is 66.3 Å². The molecule has 2 rings (SSSR count). The van der Waals surface area contributed by atoms with Crippen LogP contribution in [0.4, 0.5) is 5.82 Å². The van der Waals surface area contributed by atoms with Gasteiger partial charge in [0, 0.05) is 19.0 Å². The lowest BCUT2D eigenvalue weighted by Crippen LogP contribution is -2.36. The monoisotopic (exact) mass is 1010 g/mol. The second-order valence-corrected chi connectivity index (χ2v) is 21.1. The van der Waals surface area contributed by atoms with Gasteiger partial charge in [-0.25, -0.2) is 13.9 Å². The van der Waals surface area contributed by atoms with E-state index in [4.69, 9.17) is 29.0 Å². The van der Waals surface area contributed by atoms with Gasteiger partial charge in [0.15, 0.2) is 12.3 Å². The lowest BCUT2D eigenvalue weighted by atomic mass is 10.0. The van der Waals surface area contributed by atoms with Gasteiger partial charge in [0.25, 0.3) is 0 Å². The Morgan fingerprint density at radius 3 is 1.66 bits per heavy atom. The van der Waals surface area contributed by atoms with Crippen LogP contribution in [0.2, 0.25) is 0 Å². The van der Waals surface area contributed by atoms with E-state index in [0.29, 0.717) is 12.8 Å². The predicted molar refractivity (Wildman–Crippen MR) is 261 cm³/mol. The Kier molecular flexibility index (Phi) is 33.8. The fraction of sp³-hybridized carbons (Fsp3) is 0.833. The first-order chi connectivity index (χ1) is 32.7. The number of nitrogen functional groups attached to an aromatic ring is 1. The van der Waals surface area contributed by atoms with Crippen LogP contribution in [0.3, 0.4) is 0 Å². The van der Waals surface area contributed by atoms with Gasteiger partial charge in [0.05, 0.1) is 13.2 Å². The van der Waals surface area contributed by atoms with Gasteiger partial charge in [-0.15, -0.1) is 0 Å². The fourth-order valence-electron chi connectivity index (χ4n) is 7.84. The Balaban J connectivity index is 1.79. The molecule has 2 heterocycles. The molecule has 1 fully saturated rings. The topological polar surface area (TPSA) is 265 Å². The number of anilines is 1. The molecule has 0 aromatic carbocycles. The Hall–Kier alpha value is -2.50. The van der Waals surface area contributed by atoms with E-state index in [1.54, 1.807) is 0 Å². The minimum Gasteiger partial charge on any atom is -0.462 e. The maximum absolute atomic E-state index is 12.9. The summed E-state index contributed by atoms with van der Waals surface area (Å²) in [5.74, 6) is -1.29. The molecular formula is C48H87N3O15P2. The van der Waals surface area contributed by atoms with Crippen LogP contribution in [0.25, 0.3) is 0 Å². The van der Waals surface area contributed by atoms with Crippen molar-refractivity contribution >= 4 is 33.4 Å². The van der Waals surface area contributed by atoms with Crippen molar-refractivity contribution in [2.75, 3.05) is 25.6 Å². The lowest BCUT2D eigenvalue weighted by molar-refractivity contribution is -0.161. The number of nitrogens with two attached hydrogens (primary N) is 1. The van der Waals surface area contributed by atoms with Gasteiger partial charge in [-0.3, -0.25) is 23.2 Å². The summed E-state index contributed by atoms with van der Waals surface area (Å²) in [6.07, 6.45) is 30.0. The van der Waals surface area contributed by atoms with Crippen molar-refractivity contribution in [3.63, 3.8) is 0 Å². The zero-order chi connectivity index (χ0) is 49.9. The van der Waals surface area contributed by atoms with E-state index in [0.717, 1.165) is 75.2 Å². The van der Waals surface area contributed by atoms with Crippen molar-refractivity contribution in [3.05, 3.63) is 34.9 Å². The number of phosphoric acid groups is 2. The highest BCUT2D eigenvalue weighted by molar-refractivity contribution is 7.61. The molecule has 68 heavy (non-hydrogen) atoms. The molecule has 1 aliphatic rings. The number of hydrogen-bond acceptors (Lipinski definition) is 15. The summed E-state index contributed by atoms with van der Waals surface area (Å²) in [4.78, 5) is 61.9. The van der Waals surface area contributed by atoms with Crippen molar-refractivity contribution in [2.45, 2.75) is 237 Å². The largest absolute Gasteiger partial charge is 0.481 e. The van der Waals surface area contributed by atoms with E-state index in [1.165, 1.54) is 109 Å². The summed E-state index contributed by atoms with van der Waals surface area (Å²) >= 11 is 0. The highest BCUT2D eigenvalue weighted by atomic mass is 31.3. The second kappa shape index (κ2) is 37.3. The van der Waals surface area contributed by atoms with Crippen LogP contribution in [0.1, 0.15) is 213 Å². The maximum atomic E-state index is 12.9. The Labute approximate surface area is 405 Å². The number of aromatic nitrogens is 2. The molecule has 0 saturated carbocycles. The second-order valence-electron chi connectivity index (χ2n) is 18.0. The maximum Gasteiger partial charge on any atom is 0.481 e. The average molecular weight is 1010 g/mol. The molecule has 6 N–H and O–H groups in total. The smallest absolute Gasteiger partial charge is 0.462 e. The molecule has 20 heteroatoms. The summed E-state index contributed by atoms with van der Waals surface area (Å²) < 4.78 is 56.8. The van der Waals surface area contributed by atoms with Crippen LogP contribution in [-0.2, 0) is 46.3 Å². The Morgan fingerprint density at radius 1 is 0.691 bits per heavy atom. The Bertz CT molecular complexity index is 1680. The van der Waals surface area contributed by atoms with E-state index in [1.807, 2.05) is 0 Å². The number of allylic oxidation sites excluding steroid dienone is 2. The first-order valence-electron chi connectivity index (χ1n) is 25.7. The van der Waals surface area contributed by atoms with E-state index in [2.05, 4.69) is 35.3 Å². The molecule has 18 nitrogen and oxygen atoms in total. The normalized spacial score (nSPS) is 19.5. The highest BCUT2D eigenvalue weighted by Crippen LogP contribution is 2.60. The standard InChI is InChI=1S/C48H87N3O15P2/c1-3-5-7-9-11-13-15-17-19-21-23-25-27-29-31-33-43(52)61-37-40(64-44(53)34-32-30-28-26-24-22-20-18-16-14-12-10-8-6-4-2)38-62-67(57,58)66-68(59,60)63-39-41-45(54)46(55)47(65-41)51-36-35-42(49)50-48(51)56/h13,15,35-36,40-41,45-47,54-55H,3-12,14,16-34,37-39H2,1-2H3,(H,57,58)(H,59,60)(H2,49,50,56)/t40-,41-,45+,46?,47-/m1/s1. The van der Waals surface area contributed by atoms with Gasteiger partial charge in [0.1, 0.15) is 30.7 Å². The molecule has 0 radical (unpaired) electrons. The van der Waals surface area contributed by atoms with Gasteiger partial charge in [-0.2, -0.15) is 9.29 Å². The van der Waals surface area contributed by atoms with Crippen LogP contribution < -0.4 is 11.4 Å². The molecule has 1 aromatic heterocycles. The van der Waals surface area contributed by atoms with Gasteiger partial charge in [0.2, 0.25) is 0 Å². The highest BCUT2D eigenvalue weighted by Gasteiger charge is 2.46. The van der Waals surface area contributed by atoms with Crippen LogP contribution in [0, 0.1) is 0 Å². The van der Waals surface area contributed by atoms with Crippen molar-refractivity contribution in [2.24, 2.45) is 0 Å². The third kappa shape index (κ3) is 29.6. The van der Waals surface area contributed by atoms with Crippen LogP contribution in [0.15, 0.2) is 29.2 Å².